The molecule has 1 saturated heterocycles. The van der Waals surface area contributed by atoms with Gasteiger partial charge in [-0.15, -0.1) is 0 Å². The van der Waals surface area contributed by atoms with E-state index in [9.17, 15) is 9.59 Å². The van der Waals surface area contributed by atoms with E-state index in [1.165, 1.54) is 0 Å². The van der Waals surface area contributed by atoms with E-state index in [1.807, 2.05) is 23.1 Å². The number of amides is 2. The van der Waals surface area contributed by atoms with Crippen molar-refractivity contribution in [1.82, 2.24) is 15.2 Å². The molecule has 0 spiro atoms. The number of ether oxygens (including phenoxy) is 2. The number of fused-ring (bicyclic) bond motifs is 1. The van der Waals surface area contributed by atoms with Gasteiger partial charge in [-0.1, -0.05) is 19.9 Å². The third-order valence-electron chi connectivity index (χ3n) is 6.15. The molecule has 0 radical (unpaired) electrons. The first kappa shape index (κ1) is 21.9. The Morgan fingerprint density at radius 2 is 1.81 bits per heavy atom. The molecule has 1 fully saturated rings. The standard InChI is InChI=1S/C24H30N4O4/c1-3-18(4-2)24(30)28-12-10-27(11-13-28)22-19(6-5-9-25-22)23(29)26-15-17-7-8-20-21(14-17)32-16-31-20/h5-9,14,18H,3-4,10-13,15-16H2,1-2H3,(H,26,29). The van der Waals surface area contributed by atoms with Gasteiger partial charge in [0, 0.05) is 44.8 Å². The summed E-state index contributed by atoms with van der Waals surface area (Å²) in [7, 11) is 0. The van der Waals surface area contributed by atoms with Gasteiger partial charge in [-0.3, -0.25) is 9.59 Å². The van der Waals surface area contributed by atoms with Crippen LogP contribution in [0.4, 0.5) is 5.82 Å². The molecule has 2 aliphatic heterocycles. The Labute approximate surface area is 188 Å². The molecule has 8 heteroatoms. The van der Waals surface area contributed by atoms with Crippen molar-refractivity contribution < 1.29 is 19.1 Å². The lowest BCUT2D eigenvalue weighted by Crippen LogP contribution is -2.51. The minimum Gasteiger partial charge on any atom is -0.454 e. The summed E-state index contributed by atoms with van der Waals surface area (Å²) in [6, 6.07) is 9.20. The summed E-state index contributed by atoms with van der Waals surface area (Å²) in [6.45, 7) is 7.32. The molecule has 2 amide bonds. The lowest BCUT2D eigenvalue weighted by atomic mass is 10.0. The van der Waals surface area contributed by atoms with Gasteiger partial charge in [-0.25, -0.2) is 4.98 Å². The number of aromatic nitrogens is 1. The molecule has 0 atom stereocenters. The number of nitrogens with zero attached hydrogens (tertiary/aromatic N) is 3. The monoisotopic (exact) mass is 438 g/mol. The number of piperazine rings is 1. The van der Waals surface area contributed by atoms with Crippen LogP contribution in [0.5, 0.6) is 11.5 Å². The third-order valence-corrected chi connectivity index (χ3v) is 6.15. The molecule has 1 N–H and O–H groups in total. The van der Waals surface area contributed by atoms with Crippen molar-refractivity contribution in [3.05, 3.63) is 47.7 Å². The Morgan fingerprint density at radius 1 is 1.06 bits per heavy atom. The Hall–Kier alpha value is -3.29. The van der Waals surface area contributed by atoms with Crippen LogP contribution in [0.1, 0.15) is 42.6 Å². The first-order valence-corrected chi connectivity index (χ1v) is 11.3. The molecular weight excluding hydrogens is 408 g/mol. The first-order valence-electron chi connectivity index (χ1n) is 11.3. The molecule has 1 aromatic heterocycles. The highest BCUT2D eigenvalue weighted by Gasteiger charge is 2.27. The number of nitrogens with one attached hydrogen (secondary N) is 1. The second kappa shape index (κ2) is 9.89. The summed E-state index contributed by atoms with van der Waals surface area (Å²) in [4.78, 5) is 34.2. The molecule has 0 saturated carbocycles. The van der Waals surface area contributed by atoms with Gasteiger partial charge in [0.15, 0.2) is 11.5 Å². The highest BCUT2D eigenvalue weighted by Crippen LogP contribution is 2.32. The number of carbonyl (C=O) groups excluding carboxylic acids is 2. The topological polar surface area (TPSA) is 84.0 Å². The van der Waals surface area contributed by atoms with Crippen LogP contribution in [0.3, 0.4) is 0 Å². The number of rotatable bonds is 7. The van der Waals surface area contributed by atoms with E-state index < -0.39 is 0 Å². The minimum atomic E-state index is -0.179. The zero-order valence-electron chi connectivity index (χ0n) is 18.7. The number of benzene rings is 1. The summed E-state index contributed by atoms with van der Waals surface area (Å²) in [5.74, 6) is 2.22. The molecule has 0 bridgehead atoms. The molecule has 2 aliphatic rings. The van der Waals surface area contributed by atoms with Crippen molar-refractivity contribution in [1.29, 1.82) is 0 Å². The van der Waals surface area contributed by atoms with Crippen LogP contribution in [0.15, 0.2) is 36.5 Å². The van der Waals surface area contributed by atoms with Crippen LogP contribution in [0.2, 0.25) is 0 Å². The fourth-order valence-electron chi connectivity index (χ4n) is 4.19. The number of hydrogen-bond acceptors (Lipinski definition) is 6. The van der Waals surface area contributed by atoms with Crippen LogP contribution < -0.4 is 19.7 Å². The van der Waals surface area contributed by atoms with Crippen molar-refractivity contribution in [2.45, 2.75) is 33.2 Å². The average Bonchev–Trinajstić information content (AvgIpc) is 3.31. The maximum Gasteiger partial charge on any atom is 0.255 e. The van der Waals surface area contributed by atoms with Gasteiger partial charge in [0.25, 0.3) is 5.91 Å². The maximum atomic E-state index is 13.0. The maximum absolute atomic E-state index is 13.0. The van der Waals surface area contributed by atoms with E-state index in [-0.39, 0.29) is 24.5 Å². The fourth-order valence-corrected chi connectivity index (χ4v) is 4.19. The highest BCUT2D eigenvalue weighted by molar-refractivity contribution is 5.98. The quantitative estimate of drug-likeness (QED) is 0.716. The van der Waals surface area contributed by atoms with Gasteiger partial charge in [-0.2, -0.15) is 0 Å². The Morgan fingerprint density at radius 3 is 2.56 bits per heavy atom. The summed E-state index contributed by atoms with van der Waals surface area (Å²) in [5, 5.41) is 2.98. The van der Waals surface area contributed by atoms with E-state index >= 15 is 0 Å². The largest absolute Gasteiger partial charge is 0.454 e. The summed E-state index contributed by atoms with van der Waals surface area (Å²) in [6.07, 6.45) is 3.43. The van der Waals surface area contributed by atoms with E-state index in [0.717, 1.165) is 24.2 Å². The van der Waals surface area contributed by atoms with Gasteiger partial charge in [0.2, 0.25) is 12.7 Å². The van der Waals surface area contributed by atoms with Crippen molar-refractivity contribution >= 4 is 17.6 Å². The highest BCUT2D eigenvalue weighted by atomic mass is 16.7. The van der Waals surface area contributed by atoms with Gasteiger partial charge >= 0.3 is 0 Å². The van der Waals surface area contributed by atoms with Gasteiger partial charge in [0.1, 0.15) is 5.82 Å². The number of hydrogen-bond donors (Lipinski definition) is 1. The lowest BCUT2D eigenvalue weighted by molar-refractivity contribution is -0.136. The van der Waals surface area contributed by atoms with Crippen molar-refractivity contribution in [3.8, 4) is 11.5 Å². The summed E-state index contributed by atoms with van der Waals surface area (Å²) >= 11 is 0. The van der Waals surface area contributed by atoms with Crippen LogP contribution in [-0.2, 0) is 11.3 Å². The molecule has 1 aromatic carbocycles. The molecule has 32 heavy (non-hydrogen) atoms. The molecule has 170 valence electrons. The Kier molecular flexibility index (Phi) is 6.78. The Bertz CT molecular complexity index is 968. The molecular formula is C24H30N4O4. The van der Waals surface area contributed by atoms with Crippen LogP contribution in [-0.4, -0.2) is 54.7 Å². The zero-order chi connectivity index (χ0) is 22.5. The van der Waals surface area contributed by atoms with Gasteiger partial charge in [-0.05, 0) is 42.7 Å². The van der Waals surface area contributed by atoms with Crippen molar-refractivity contribution in [2.24, 2.45) is 5.92 Å². The zero-order valence-corrected chi connectivity index (χ0v) is 18.7. The predicted molar refractivity (Wildman–Crippen MR) is 121 cm³/mol. The van der Waals surface area contributed by atoms with Crippen LogP contribution in [0.25, 0.3) is 0 Å². The second-order valence-electron chi connectivity index (χ2n) is 8.07. The van der Waals surface area contributed by atoms with Crippen molar-refractivity contribution in [3.63, 3.8) is 0 Å². The van der Waals surface area contributed by atoms with E-state index in [2.05, 4.69) is 29.0 Å². The summed E-state index contributed by atoms with van der Waals surface area (Å²) in [5.41, 5.74) is 1.47. The molecule has 0 aliphatic carbocycles. The van der Waals surface area contributed by atoms with E-state index in [1.54, 1.807) is 18.3 Å². The van der Waals surface area contributed by atoms with Crippen LogP contribution >= 0.6 is 0 Å². The normalized spacial score (nSPS) is 15.2. The van der Waals surface area contributed by atoms with E-state index in [0.29, 0.717) is 49.9 Å². The average molecular weight is 439 g/mol. The Balaban J connectivity index is 1.38. The minimum absolute atomic E-state index is 0.0916. The SMILES string of the molecule is CCC(CC)C(=O)N1CCN(c2ncccc2C(=O)NCc2ccc3c(c2)OCO3)CC1. The smallest absolute Gasteiger partial charge is 0.255 e. The number of pyridine rings is 1. The lowest BCUT2D eigenvalue weighted by Gasteiger charge is -2.37. The second-order valence-corrected chi connectivity index (χ2v) is 8.07. The van der Waals surface area contributed by atoms with Crippen LogP contribution in [0, 0.1) is 5.92 Å². The van der Waals surface area contributed by atoms with Crippen molar-refractivity contribution in [2.75, 3.05) is 37.9 Å². The predicted octanol–water partition coefficient (Wildman–Crippen LogP) is 2.83. The molecule has 2 aromatic rings. The van der Waals surface area contributed by atoms with Gasteiger partial charge < -0.3 is 24.6 Å². The molecule has 8 nitrogen and oxygen atoms in total. The molecule has 0 unspecified atom stereocenters. The first-order chi connectivity index (χ1) is 15.6. The third kappa shape index (κ3) is 4.64. The fraction of sp³-hybridized carbons (Fsp3) is 0.458. The van der Waals surface area contributed by atoms with Gasteiger partial charge in [0.05, 0.1) is 5.56 Å². The number of carbonyl (C=O) groups is 2. The summed E-state index contributed by atoms with van der Waals surface area (Å²) < 4.78 is 10.7. The van der Waals surface area contributed by atoms with E-state index in [4.69, 9.17) is 9.47 Å². The molecule has 4 rings (SSSR count). The molecule has 3 heterocycles. The number of anilines is 1.